The highest BCUT2D eigenvalue weighted by Crippen LogP contribution is 2.42. The van der Waals surface area contributed by atoms with Crippen molar-refractivity contribution in [3.05, 3.63) is 0 Å². The largest absolute Gasteiger partial charge is 0.481 e. The minimum Gasteiger partial charge on any atom is -0.481 e. The molecule has 0 aromatic rings. The Hall–Kier alpha value is -1.15. The van der Waals surface area contributed by atoms with Crippen molar-refractivity contribution in [2.45, 2.75) is 84.3 Å². The van der Waals surface area contributed by atoms with E-state index >= 15 is 0 Å². The molecule has 154 valence electrons. The van der Waals surface area contributed by atoms with Gasteiger partial charge in [-0.15, -0.1) is 0 Å². The highest BCUT2D eigenvalue weighted by molar-refractivity contribution is 7.87. The monoisotopic (exact) mass is 394 g/mol. The highest BCUT2D eigenvalue weighted by Gasteiger charge is 2.56. The SMILES string of the molecule is CCCCC(C)CC(CC(C)CCCC)(C(=O)O)C(C(=O)O)S(=O)(=O)O. The van der Waals surface area contributed by atoms with Crippen LogP contribution in [-0.4, -0.2) is 40.4 Å². The summed E-state index contributed by atoms with van der Waals surface area (Å²) in [4.78, 5) is 23.9. The van der Waals surface area contributed by atoms with Gasteiger partial charge >= 0.3 is 11.9 Å². The molecule has 0 radical (unpaired) electrons. The molecule has 8 heteroatoms. The van der Waals surface area contributed by atoms with Crippen LogP contribution >= 0.6 is 0 Å². The average Bonchev–Trinajstić information content (AvgIpc) is 2.48. The minimum atomic E-state index is -5.08. The zero-order valence-electron chi connectivity index (χ0n) is 16.3. The van der Waals surface area contributed by atoms with E-state index in [0.29, 0.717) is 12.8 Å². The summed E-state index contributed by atoms with van der Waals surface area (Å²) < 4.78 is 33.2. The molecule has 0 heterocycles. The lowest BCUT2D eigenvalue weighted by Crippen LogP contribution is -2.52. The molecule has 0 aliphatic rings. The number of unbranched alkanes of at least 4 members (excludes halogenated alkanes) is 2. The van der Waals surface area contributed by atoms with Gasteiger partial charge in [0.2, 0.25) is 0 Å². The van der Waals surface area contributed by atoms with Crippen molar-refractivity contribution in [1.82, 2.24) is 0 Å². The van der Waals surface area contributed by atoms with E-state index in [-0.39, 0.29) is 24.7 Å². The summed E-state index contributed by atoms with van der Waals surface area (Å²) in [5.41, 5.74) is -2.06. The molecule has 0 aromatic heterocycles. The first-order chi connectivity index (χ1) is 11.9. The Kier molecular flexibility index (Phi) is 10.4. The van der Waals surface area contributed by atoms with Crippen molar-refractivity contribution in [3.63, 3.8) is 0 Å². The molecule has 0 aliphatic heterocycles. The molecule has 7 nitrogen and oxygen atoms in total. The van der Waals surface area contributed by atoms with Gasteiger partial charge in [-0.3, -0.25) is 14.1 Å². The second-order valence-corrected chi connectivity index (χ2v) is 9.10. The number of aliphatic carboxylic acids is 2. The van der Waals surface area contributed by atoms with Crippen LogP contribution in [0.3, 0.4) is 0 Å². The van der Waals surface area contributed by atoms with E-state index in [9.17, 15) is 32.8 Å². The number of rotatable bonds is 14. The second kappa shape index (κ2) is 10.9. The van der Waals surface area contributed by atoms with Crippen molar-refractivity contribution in [3.8, 4) is 0 Å². The smallest absolute Gasteiger partial charge is 0.325 e. The van der Waals surface area contributed by atoms with Crippen LogP contribution in [-0.2, 0) is 19.7 Å². The molecule has 0 saturated carbocycles. The predicted octanol–water partition coefficient (Wildman–Crippen LogP) is 3.83. The molecule has 3 atom stereocenters. The Morgan fingerprint density at radius 2 is 1.31 bits per heavy atom. The molecule has 26 heavy (non-hydrogen) atoms. The summed E-state index contributed by atoms with van der Waals surface area (Å²) in [6.07, 6.45) is 4.62. The molecule has 0 aliphatic carbocycles. The van der Waals surface area contributed by atoms with Crippen molar-refractivity contribution in [1.29, 1.82) is 0 Å². The molecular formula is C18H34O7S. The Morgan fingerprint density at radius 1 is 0.923 bits per heavy atom. The van der Waals surface area contributed by atoms with Crippen molar-refractivity contribution in [2.75, 3.05) is 0 Å². The first kappa shape index (κ1) is 24.8. The quantitative estimate of drug-likeness (QED) is 0.382. The van der Waals surface area contributed by atoms with E-state index < -0.39 is 32.7 Å². The van der Waals surface area contributed by atoms with E-state index in [4.69, 9.17) is 0 Å². The van der Waals surface area contributed by atoms with Gasteiger partial charge in [0.25, 0.3) is 10.1 Å². The Balaban J connectivity index is 6.04. The molecule has 3 unspecified atom stereocenters. The van der Waals surface area contributed by atoms with Crippen LogP contribution < -0.4 is 0 Å². The Labute approximate surface area is 156 Å². The molecule has 0 saturated heterocycles. The summed E-state index contributed by atoms with van der Waals surface area (Å²) in [5, 5.41) is 17.0. The standard InChI is InChI=1S/C18H34O7S/c1-5-7-9-13(3)11-18(17(21)22,12-14(4)10-8-6-2)15(16(19)20)26(23,24)25/h13-15H,5-12H2,1-4H3,(H,19,20)(H,21,22)(H,23,24,25). The Morgan fingerprint density at radius 3 is 1.54 bits per heavy atom. The number of hydrogen-bond acceptors (Lipinski definition) is 4. The van der Waals surface area contributed by atoms with E-state index in [1.165, 1.54) is 0 Å². The molecule has 0 aromatic carbocycles. The van der Waals surface area contributed by atoms with Crippen molar-refractivity contribution < 1.29 is 32.8 Å². The molecule has 0 amide bonds. The molecule has 0 fully saturated rings. The fourth-order valence-electron chi connectivity index (χ4n) is 3.79. The lowest BCUT2D eigenvalue weighted by atomic mass is 9.69. The van der Waals surface area contributed by atoms with Crippen LogP contribution in [0.25, 0.3) is 0 Å². The zero-order valence-corrected chi connectivity index (χ0v) is 17.1. The third kappa shape index (κ3) is 7.23. The molecule has 0 bridgehead atoms. The summed E-state index contributed by atoms with van der Waals surface area (Å²) in [6.45, 7) is 7.57. The normalized spacial score (nSPS) is 17.9. The third-order valence-corrected chi connectivity index (χ3v) is 6.22. The zero-order chi connectivity index (χ0) is 20.5. The molecular weight excluding hydrogens is 360 g/mol. The lowest BCUT2D eigenvalue weighted by molar-refractivity contribution is -0.158. The van der Waals surface area contributed by atoms with Crippen LogP contribution in [0.4, 0.5) is 0 Å². The predicted molar refractivity (Wildman–Crippen MR) is 99.7 cm³/mol. The van der Waals surface area contributed by atoms with E-state index in [0.717, 1.165) is 25.7 Å². The van der Waals surface area contributed by atoms with E-state index in [1.54, 1.807) is 13.8 Å². The average molecular weight is 395 g/mol. The minimum absolute atomic E-state index is 0.102. The summed E-state index contributed by atoms with van der Waals surface area (Å²) in [6, 6.07) is 0. The number of carboxylic acid groups (broad SMARTS) is 2. The van der Waals surface area contributed by atoms with Crippen molar-refractivity contribution >= 4 is 22.1 Å². The maximum absolute atomic E-state index is 12.2. The van der Waals surface area contributed by atoms with Gasteiger partial charge in [-0.25, -0.2) is 0 Å². The van der Waals surface area contributed by atoms with Gasteiger partial charge in [0.05, 0.1) is 5.41 Å². The Bertz CT molecular complexity index is 540. The fraction of sp³-hybridized carbons (Fsp3) is 0.889. The molecule has 0 rings (SSSR count). The summed E-state index contributed by atoms with van der Waals surface area (Å²) >= 11 is 0. The van der Waals surface area contributed by atoms with Gasteiger partial charge in [0, 0.05) is 0 Å². The van der Waals surface area contributed by atoms with Crippen LogP contribution in [0.15, 0.2) is 0 Å². The number of hydrogen-bond donors (Lipinski definition) is 3. The van der Waals surface area contributed by atoms with Crippen LogP contribution in [0.1, 0.15) is 79.1 Å². The molecule has 0 spiro atoms. The van der Waals surface area contributed by atoms with Gasteiger partial charge in [-0.2, -0.15) is 8.42 Å². The van der Waals surface area contributed by atoms with Crippen LogP contribution in [0.5, 0.6) is 0 Å². The van der Waals surface area contributed by atoms with E-state index in [1.807, 2.05) is 13.8 Å². The summed E-state index contributed by atoms with van der Waals surface area (Å²) in [5.74, 6) is -3.64. The number of carbonyl (C=O) groups is 2. The highest BCUT2D eigenvalue weighted by atomic mass is 32.2. The van der Waals surface area contributed by atoms with Gasteiger partial charge < -0.3 is 10.2 Å². The van der Waals surface area contributed by atoms with Crippen LogP contribution in [0.2, 0.25) is 0 Å². The maximum Gasteiger partial charge on any atom is 0.325 e. The van der Waals surface area contributed by atoms with Crippen molar-refractivity contribution in [2.24, 2.45) is 17.3 Å². The van der Waals surface area contributed by atoms with Gasteiger partial charge in [0.1, 0.15) is 0 Å². The van der Waals surface area contributed by atoms with Gasteiger partial charge in [-0.05, 0) is 24.7 Å². The van der Waals surface area contributed by atoms with Crippen LogP contribution in [0, 0.1) is 17.3 Å². The topological polar surface area (TPSA) is 129 Å². The maximum atomic E-state index is 12.2. The first-order valence-corrected chi connectivity index (χ1v) is 10.8. The third-order valence-electron chi connectivity index (χ3n) is 4.98. The fourth-order valence-corrected chi connectivity index (χ4v) is 4.90. The first-order valence-electron chi connectivity index (χ1n) is 9.34. The number of carboxylic acids is 2. The lowest BCUT2D eigenvalue weighted by Gasteiger charge is -2.37. The van der Waals surface area contributed by atoms with Gasteiger partial charge in [-0.1, -0.05) is 66.2 Å². The van der Waals surface area contributed by atoms with Gasteiger partial charge in [0.15, 0.2) is 5.25 Å². The second-order valence-electron chi connectivity index (χ2n) is 7.60. The summed E-state index contributed by atoms with van der Waals surface area (Å²) in [7, 11) is -5.08. The van der Waals surface area contributed by atoms with E-state index in [2.05, 4.69) is 0 Å². The molecule has 3 N–H and O–H groups in total.